The molecule has 2 rings (SSSR count). The third kappa shape index (κ3) is 3.69. The van der Waals surface area contributed by atoms with Crippen LogP contribution in [0.5, 0.6) is 0 Å². The van der Waals surface area contributed by atoms with Crippen LogP contribution in [0, 0.1) is 0 Å². The van der Waals surface area contributed by atoms with Gasteiger partial charge in [-0.15, -0.1) is 10.2 Å². The highest BCUT2D eigenvalue weighted by atomic mass is 35.5. The summed E-state index contributed by atoms with van der Waals surface area (Å²) >= 11 is 12.2. The first kappa shape index (κ1) is 14.3. The highest BCUT2D eigenvalue weighted by molar-refractivity contribution is 6.33. The molecule has 2 aromatic rings. The lowest BCUT2D eigenvalue weighted by molar-refractivity contribution is 0.564. The molecule has 6 heteroatoms. The number of aryl methyl sites for hydroxylation is 1. The first-order valence-electron chi connectivity index (χ1n) is 6.09. The zero-order valence-electron chi connectivity index (χ0n) is 10.9. The van der Waals surface area contributed by atoms with Gasteiger partial charge in [0.1, 0.15) is 12.2 Å². The summed E-state index contributed by atoms with van der Waals surface area (Å²) in [6.45, 7) is 2.87. The Labute approximate surface area is 122 Å². The van der Waals surface area contributed by atoms with Gasteiger partial charge in [0.25, 0.3) is 0 Å². The van der Waals surface area contributed by atoms with E-state index < -0.39 is 0 Å². The summed E-state index contributed by atoms with van der Waals surface area (Å²) < 4.78 is 1.92. The molecule has 0 saturated carbocycles. The Morgan fingerprint density at radius 1 is 1.37 bits per heavy atom. The molecule has 1 aromatic carbocycles. The number of halogens is 2. The van der Waals surface area contributed by atoms with E-state index in [1.54, 1.807) is 12.4 Å². The maximum atomic E-state index is 6.17. The number of aromatic nitrogens is 3. The van der Waals surface area contributed by atoms with Gasteiger partial charge in [-0.3, -0.25) is 0 Å². The van der Waals surface area contributed by atoms with Gasteiger partial charge < -0.3 is 9.88 Å². The summed E-state index contributed by atoms with van der Waals surface area (Å²) in [4.78, 5) is 0. The predicted molar refractivity (Wildman–Crippen MR) is 77.6 cm³/mol. The molecular formula is C13H16Cl2N4. The van der Waals surface area contributed by atoms with Gasteiger partial charge in [-0.2, -0.15) is 0 Å². The predicted octanol–water partition coefficient (Wildman–Crippen LogP) is 3.02. The van der Waals surface area contributed by atoms with Gasteiger partial charge in [0.2, 0.25) is 0 Å². The van der Waals surface area contributed by atoms with Crippen molar-refractivity contribution >= 4 is 23.2 Å². The van der Waals surface area contributed by atoms with Crippen LogP contribution in [0.1, 0.15) is 24.4 Å². The fourth-order valence-corrected chi connectivity index (χ4v) is 2.35. The Kier molecular flexibility index (Phi) is 4.80. The van der Waals surface area contributed by atoms with Gasteiger partial charge >= 0.3 is 0 Å². The molecule has 0 bridgehead atoms. The molecule has 1 unspecified atom stereocenters. The minimum atomic E-state index is 0.138. The second kappa shape index (κ2) is 6.37. The van der Waals surface area contributed by atoms with Crippen molar-refractivity contribution in [3.8, 4) is 0 Å². The highest BCUT2D eigenvalue weighted by Gasteiger charge is 2.10. The molecule has 0 aliphatic heterocycles. The van der Waals surface area contributed by atoms with Crippen molar-refractivity contribution in [1.29, 1.82) is 0 Å². The zero-order chi connectivity index (χ0) is 13.8. The Bertz CT molecular complexity index is 553. The molecule has 4 nitrogen and oxygen atoms in total. The van der Waals surface area contributed by atoms with E-state index in [1.165, 1.54) is 0 Å². The van der Waals surface area contributed by atoms with Crippen molar-refractivity contribution in [2.75, 3.05) is 6.54 Å². The molecular weight excluding hydrogens is 283 g/mol. The average molecular weight is 299 g/mol. The van der Waals surface area contributed by atoms with E-state index in [9.17, 15) is 0 Å². The largest absolute Gasteiger partial charge is 0.321 e. The monoisotopic (exact) mass is 298 g/mol. The highest BCUT2D eigenvalue weighted by Crippen LogP contribution is 2.25. The van der Waals surface area contributed by atoms with E-state index >= 15 is 0 Å². The van der Waals surface area contributed by atoms with Crippen molar-refractivity contribution < 1.29 is 0 Å². The van der Waals surface area contributed by atoms with Crippen molar-refractivity contribution in [3.63, 3.8) is 0 Å². The quantitative estimate of drug-likeness (QED) is 0.923. The number of nitrogens with zero attached hydrogens (tertiary/aromatic N) is 3. The lowest BCUT2D eigenvalue weighted by atomic mass is 10.1. The molecule has 1 atom stereocenters. The van der Waals surface area contributed by atoms with Crippen LogP contribution in [-0.2, 0) is 13.5 Å². The van der Waals surface area contributed by atoms with E-state index in [0.29, 0.717) is 5.02 Å². The van der Waals surface area contributed by atoms with Crippen LogP contribution >= 0.6 is 23.2 Å². The Morgan fingerprint density at radius 3 is 2.84 bits per heavy atom. The normalized spacial score (nSPS) is 12.6. The Hall–Kier alpha value is -1.10. The van der Waals surface area contributed by atoms with Crippen LogP contribution in [0.3, 0.4) is 0 Å². The molecule has 1 N–H and O–H groups in total. The molecule has 102 valence electrons. The average Bonchev–Trinajstić information content (AvgIpc) is 2.78. The summed E-state index contributed by atoms with van der Waals surface area (Å²) in [6.07, 6.45) is 2.52. The summed E-state index contributed by atoms with van der Waals surface area (Å²) in [5.74, 6) is 0.955. The van der Waals surface area contributed by atoms with Crippen LogP contribution < -0.4 is 5.32 Å². The van der Waals surface area contributed by atoms with Crippen molar-refractivity contribution in [2.24, 2.45) is 7.05 Å². The Balaban J connectivity index is 1.92. The molecule has 0 saturated heterocycles. The standard InChI is InChI=1S/C13H16Cl2N4/c1-9(11-7-10(14)3-4-12(11)15)16-6-5-13-18-17-8-19(13)2/h3-4,7-9,16H,5-6H2,1-2H3. The first-order valence-corrected chi connectivity index (χ1v) is 6.84. The smallest absolute Gasteiger partial charge is 0.133 e. The van der Waals surface area contributed by atoms with Gasteiger partial charge in [-0.1, -0.05) is 23.2 Å². The topological polar surface area (TPSA) is 42.7 Å². The van der Waals surface area contributed by atoms with Crippen molar-refractivity contribution in [3.05, 3.63) is 46.0 Å². The molecule has 1 aromatic heterocycles. The maximum absolute atomic E-state index is 6.17. The molecule has 0 amide bonds. The van der Waals surface area contributed by atoms with Gasteiger partial charge in [0.15, 0.2) is 0 Å². The number of hydrogen-bond acceptors (Lipinski definition) is 3. The Morgan fingerprint density at radius 2 is 2.16 bits per heavy atom. The van der Waals surface area contributed by atoms with E-state index in [2.05, 4.69) is 22.4 Å². The summed E-state index contributed by atoms with van der Waals surface area (Å²) in [5, 5.41) is 12.7. The van der Waals surface area contributed by atoms with E-state index in [0.717, 1.165) is 29.4 Å². The second-order valence-corrected chi connectivity index (χ2v) is 5.29. The van der Waals surface area contributed by atoms with Crippen LogP contribution in [0.4, 0.5) is 0 Å². The summed E-state index contributed by atoms with van der Waals surface area (Å²) in [7, 11) is 1.94. The molecule has 0 fully saturated rings. The third-order valence-electron chi connectivity index (χ3n) is 3.03. The maximum Gasteiger partial charge on any atom is 0.133 e. The zero-order valence-corrected chi connectivity index (χ0v) is 12.4. The third-order valence-corrected chi connectivity index (χ3v) is 3.61. The van der Waals surface area contributed by atoms with Gasteiger partial charge in [-0.05, 0) is 30.7 Å². The fourth-order valence-electron chi connectivity index (χ4n) is 1.89. The van der Waals surface area contributed by atoms with Gasteiger partial charge in [-0.25, -0.2) is 0 Å². The number of nitrogens with one attached hydrogen (secondary N) is 1. The minimum absolute atomic E-state index is 0.138. The molecule has 0 aliphatic rings. The van der Waals surface area contributed by atoms with Gasteiger partial charge in [0, 0.05) is 36.1 Å². The van der Waals surface area contributed by atoms with Gasteiger partial charge in [0.05, 0.1) is 0 Å². The van der Waals surface area contributed by atoms with Crippen LogP contribution in [-0.4, -0.2) is 21.3 Å². The fraction of sp³-hybridized carbons (Fsp3) is 0.385. The second-order valence-electron chi connectivity index (χ2n) is 4.45. The summed E-state index contributed by atoms with van der Waals surface area (Å²) in [5.41, 5.74) is 1.01. The number of benzene rings is 1. The van der Waals surface area contributed by atoms with E-state index in [1.807, 2.05) is 23.7 Å². The lowest BCUT2D eigenvalue weighted by Gasteiger charge is -2.15. The van der Waals surface area contributed by atoms with Crippen LogP contribution in [0.15, 0.2) is 24.5 Å². The molecule has 0 radical (unpaired) electrons. The lowest BCUT2D eigenvalue weighted by Crippen LogP contribution is -2.22. The van der Waals surface area contributed by atoms with E-state index in [4.69, 9.17) is 23.2 Å². The van der Waals surface area contributed by atoms with E-state index in [-0.39, 0.29) is 6.04 Å². The molecule has 19 heavy (non-hydrogen) atoms. The van der Waals surface area contributed by atoms with Crippen LogP contribution in [0.25, 0.3) is 0 Å². The molecule has 0 spiro atoms. The summed E-state index contributed by atoms with van der Waals surface area (Å²) in [6, 6.07) is 5.64. The SMILES string of the molecule is CC(NCCc1nncn1C)c1cc(Cl)ccc1Cl. The number of rotatable bonds is 5. The molecule has 0 aliphatic carbocycles. The first-order chi connectivity index (χ1) is 9.08. The molecule has 1 heterocycles. The van der Waals surface area contributed by atoms with Crippen LogP contribution in [0.2, 0.25) is 10.0 Å². The number of hydrogen-bond donors (Lipinski definition) is 1. The van der Waals surface area contributed by atoms with Crippen molar-refractivity contribution in [2.45, 2.75) is 19.4 Å². The minimum Gasteiger partial charge on any atom is -0.321 e. The van der Waals surface area contributed by atoms with Crippen molar-refractivity contribution in [1.82, 2.24) is 20.1 Å².